The fourth-order valence-corrected chi connectivity index (χ4v) is 4.81. The molecule has 0 aliphatic carbocycles. The van der Waals surface area contributed by atoms with Gasteiger partial charge >= 0.3 is 0 Å². The van der Waals surface area contributed by atoms with Crippen LogP contribution in [0.3, 0.4) is 0 Å². The maximum Gasteiger partial charge on any atom is 0.128 e. The van der Waals surface area contributed by atoms with Gasteiger partial charge in [0.25, 0.3) is 0 Å². The van der Waals surface area contributed by atoms with Gasteiger partial charge in [-0.25, -0.2) is 9.97 Å². The summed E-state index contributed by atoms with van der Waals surface area (Å²) in [5.74, 6) is 2.25. The molecule has 5 heteroatoms. The van der Waals surface area contributed by atoms with Crippen LogP contribution in [-0.2, 0) is 13.0 Å². The molecule has 28 heavy (non-hydrogen) atoms. The highest BCUT2D eigenvalue weighted by Crippen LogP contribution is 2.33. The Labute approximate surface area is 168 Å². The van der Waals surface area contributed by atoms with Crippen molar-refractivity contribution in [2.75, 3.05) is 19.6 Å². The van der Waals surface area contributed by atoms with Crippen LogP contribution in [0.4, 0.5) is 0 Å². The number of piperidine rings is 1. The second-order valence-electron chi connectivity index (χ2n) is 8.39. The van der Waals surface area contributed by atoms with Crippen LogP contribution in [-0.4, -0.2) is 40.5 Å². The fraction of sp³-hybridized carbons (Fsp3) is 0.565. The van der Waals surface area contributed by atoms with E-state index in [4.69, 9.17) is 0 Å². The molecule has 0 radical (unpaired) electrons. The van der Waals surface area contributed by atoms with Crippen molar-refractivity contribution in [3.05, 3.63) is 59.2 Å². The summed E-state index contributed by atoms with van der Waals surface area (Å²) in [4.78, 5) is 11.6. The Morgan fingerprint density at radius 1 is 1.11 bits per heavy atom. The van der Waals surface area contributed by atoms with Crippen LogP contribution >= 0.6 is 0 Å². The number of hydrogen-bond acceptors (Lipinski definition) is 5. The molecule has 0 saturated carbocycles. The van der Waals surface area contributed by atoms with Crippen molar-refractivity contribution in [2.45, 2.75) is 58.0 Å². The molecular weight excluding hydrogens is 346 g/mol. The molecule has 3 heterocycles. The number of nitrogens with one attached hydrogen (secondary N) is 2. The zero-order chi connectivity index (χ0) is 19.3. The third-order valence-corrected chi connectivity index (χ3v) is 6.39. The maximum absolute atomic E-state index is 4.51. The average Bonchev–Trinajstić information content (AvgIpc) is 3.20. The van der Waals surface area contributed by atoms with E-state index >= 15 is 0 Å². The minimum Gasteiger partial charge on any atom is -0.299 e. The van der Waals surface area contributed by atoms with Gasteiger partial charge in [-0.3, -0.25) is 15.8 Å². The first-order valence-corrected chi connectivity index (χ1v) is 10.8. The largest absolute Gasteiger partial charge is 0.299 e. The van der Waals surface area contributed by atoms with Crippen molar-refractivity contribution in [2.24, 2.45) is 5.92 Å². The molecule has 5 nitrogen and oxygen atoms in total. The quantitative estimate of drug-likeness (QED) is 0.807. The van der Waals surface area contributed by atoms with Gasteiger partial charge in [0.2, 0.25) is 0 Å². The van der Waals surface area contributed by atoms with E-state index in [2.05, 4.69) is 63.8 Å². The zero-order valence-corrected chi connectivity index (χ0v) is 17.2. The SMILES string of the molecule is CCCc1ncc(CN2CCC(C3NNCC3c3ccccc3C)CC2)cn1. The van der Waals surface area contributed by atoms with Gasteiger partial charge in [0, 0.05) is 49.4 Å². The van der Waals surface area contributed by atoms with Gasteiger partial charge in [-0.15, -0.1) is 0 Å². The number of aromatic nitrogens is 2. The van der Waals surface area contributed by atoms with Gasteiger partial charge in [-0.05, 0) is 56.3 Å². The first kappa shape index (κ1) is 19.5. The normalized spacial score (nSPS) is 23.9. The van der Waals surface area contributed by atoms with E-state index in [9.17, 15) is 0 Å². The lowest BCUT2D eigenvalue weighted by Gasteiger charge is -2.36. The Morgan fingerprint density at radius 2 is 1.86 bits per heavy atom. The lowest BCUT2D eigenvalue weighted by atomic mass is 9.79. The Balaban J connectivity index is 1.33. The van der Waals surface area contributed by atoms with Gasteiger partial charge in [0.15, 0.2) is 0 Å². The topological polar surface area (TPSA) is 53.1 Å². The molecule has 2 saturated heterocycles. The molecule has 0 amide bonds. The van der Waals surface area contributed by atoms with E-state index < -0.39 is 0 Å². The summed E-state index contributed by atoms with van der Waals surface area (Å²) in [7, 11) is 0. The first-order chi connectivity index (χ1) is 13.7. The Kier molecular flexibility index (Phi) is 6.35. The highest BCUT2D eigenvalue weighted by atomic mass is 15.4. The summed E-state index contributed by atoms with van der Waals surface area (Å²) >= 11 is 0. The van der Waals surface area contributed by atoms with Gasteiger partial charge in [-0.1, -0.05) is 31.2 Å². The van der Waals surface area contributed by atoms with Crippen LogP contribution in [0.5, 0.6) is 0 Å². The lowest BCUT2D eigenvalue weighted by Crippen LogP contribution is -2.44. The van der Waals surface area contributed by atoms with Crippen molar-refractivity contribution < 1.29 is 0 Å². The number of rotatable bonds is 6. The Hall–Kier alpha value is -1.82. The minimum absolute atomic E-state index is 0.528. The van der Waals surface area contributed by atoms with E-state index in [1.165, 1.54) is 29.5 Å². The molecule has 2 aliphatic heterocycles. The smallest absolute Gasteiger partial charge is 0.128 e. The summed E-state index contributed by atoms with van der Waals surface area (Å²) in [5, 5.41) is 0. The van der Waals surface area contributed by atoms with Crippen LogP contribution in [0.2, 0.25) is 0 Å². The second kappa shape index (κ2) is 9.12. The molecule has 1 aromatic carbocycles. The molecule has 0 spiro atoms. The Bertz CT molecular complexity index is 752. The van der Waals surface area contributed by atoms with Crippen molar-refractivity contribution in [3.63, 3.8) is 0 Å². The van der Waals surface area contributed by atoms with Crippen LogP contribution in [0.1, 0.15) is 54.6 Å². The van der Waals surface area contributed by atoms with E-state index in [-0.39, 0.29) is 0 Å². The minimum atomic E-state index is 0.528. The van der Waals surface area contributed by atoms with Gasteiger partial charge in [0.05, 0.1) is 0 Å². The van der Waals surface area contributed by atoms with Crippen LogP contribution in [0.15, 0.2) is 36.7 Å². The van der Waals surface area contributed by atoms with E-state index in [1.54, 1.807) is 0 Å². The summed E-state index contributed by atoms with van der Waals surface area (Å²) in [5.41, 5.74) is 11.2. The highest BCUT2D eigenvalue weighted by molar-refractivity contribution is 5.31. The number of hydrogen-bond donors (Lipinski definition) is 2. The number of likely N-dealkylation sites (tertiary alicyclic amines) is 1. The first-order valence-electron chi connectivity index (χ1n) is 10.8. The van der Waals surface area contributed by atoms with Crippen LogP contribution in [0.25, 0.3) is 0 Å². The van der Waals surface area contributed by atoms with Crippen LogP contribution in [0, 0.1) is 12.8 Å². The van der Waals surface area contributed by atoms with Crippen molar-refractivity contribution >= 4 is 0 Å². The molecule has 2 atom stereocenters. The summed E-state index contributed by atoms with van der Waals surface area (Å²) in [6.07, 6.45) is 8.59. The number of hydrazine groups is 1. The molecule has 2 unspecified atom stereocenters. The fourth-order valence-electron chi connectivity index (χ4n) is 4.81. The zero-order valence-electron chi connectivity index (χ0n) is 17.2. The van der Waals surface area contributed by atoms with Gasteiger partial charge in [-0.2, -0.15) is 0 Å². The second-order valence-corrected chi connectivity index (χ2v) is 8.39. The third-order valence-electron chi connectivity index (χ3n) is 6.39. The molecular formula is C23H33N5. The summed E-state index contributed by atoms with van der Waals surface area (Å²) < 4.78 is 0. The van der Waals surface area contributed by atoms with Crippen molar-refractivity contribution in [1.82, 2.24) is 25.7 Å². The number of aryl methyl sites for hydroxylation is 2. The van der Waals surface area contributed by atoms with Crippen molar-refractivity contribution in [3.8, 4) is 0 Å². The molecule has 2 aromatic rings. The Morgan fingerprint density at radius 3 is 2.57 bits per heavy atom. The number of nitrogens with zero attached hydrogens (tertiary/aromatic N) is 3. The molecule has 2 N–H and O–H groups in total. The van der Waals surface area contributed by atoms with E-state index in [0.29, 0.717) is 12.0 Å². The number of benzene rings is 1. The van der Waals surface area contributed by atoms with Crippen LogP contribution < -0.4 is 10.9 Å². The van der Waals surface area contributed by atoms with E-state index in [0.717, 1.165) is 50.8 Å². The summed E-state index contributed by atoms with van der Waals surface area (Å²) in [6.45, 7) is 8.70. The predicted octanol–water partition coefficient (Wildman–Crippen LogP) is 3.21. The average molecular weight is 380 g/mol. The van der Waals surface area contributed by atoms with E-state index in [1.807, 2.05) is 12.4 Å². The molecule has 2 aliphatic rings. The predicted molar refractivity (Wildman–Crippen MR) is 113 cm³/mol. The molecule has 2 fully saturated rings. The monoisotopic (exact) mass is 379 g/mol. The highest BCUT2D eigenvalue weighted by Gasteiger charge is 2.36. The molecule has 4 rings (SSSR count). The van der Waals surface area contributed by atoms with Crippen molar-refractivity contribution in [1.29, 1.82) is 0 Å². The maximum atomic E-state index is 4.51. The van der Waals surface area contributed by atoms with Gasteiger partial charge in [0.1, 0.15) is 5.82 Å². The third kappa shape index (κ3) is 4.43. The lowest BCUT2D eigenvalue weighted by molar-refractivity contribution is 0.151. The van der Waals surface area contributed by atoms with Gasteiger partial charge < -0.3 is 0 Å². The molecule has 0 bridgehead atoms. The summed E-state index contributed by atoms with van der Waals surface area (Å²) in [6, 6.07) is 9.38. The standard InChI is InChI=1S/C23H33N5/c1-3-6-22-24-13-18(14-25-22)16-28-11-9-19(10-12-28)23-21(15-26-27-23)20-8-5-4-7-17(20)2/h4-5,7-8,13-14,19,21,23,26-27H,3,6,9-12,15-16H2,1-2H3. The molecule has 1 aromatic heterocycles. The molecule has 150 valence electrons.